The molecule has 3 N–H and O–H groups in total. The molecule has 1 aliphatic heterocycles. The van der Waals surface area contributed by atoms with E-state index in [9.17, 15) is 9.59 Å². The fourth-order valence-electron chi connectivity index (χ4n) is 2.82. The van der Waals surface area contributed by atoms with Gasteiger partial charge in [-0.05, 0) is 49.1 Å². The van der Waals surface area contributed by atoms with Crippen molar-refractivity contribution in [1.82, 2.24) is 16.0 Å². The lowest BCUT2D eigenvalue weighted by Crippen LogP contribution is -2.56. The molecule has 7 heteroatoms. The third-order valence-electron chi connectivity index (χ3n) is 4.50. The summed E-state index contributed by atoms with van der Waals surface area (Å²) >= 11 is 5.84. The summed E-state index contributed by atoms with van der Waals surface area (Å²) in [5, 5.41) is 9.79. The summed E-state index contributed by atoms with van der Waals surface area (Å²) in [5.41, 5.74) is 0.491. The second-order valence-electron chi connectivity index (χ2n) is 6.79. The maximum Gasteiger partial charge on any atom is 0.251 e. The van der Waals surface area contributed by atoms with Gasteiger partial charge in [0.2, 0.25) is 5.91 Å². The van der Waals surface area contributed by atoms with E-state index in [4.69, 9.17) is 11.6 Å². The first kappa shape index (κ1) is 21.7. The van der Waals surface area contributed by atoms with E-state index in [0.717, 1.165) is 19.5 Å². The average molecular weight is 388 g/mol. The number of benzene rings is 1. The molecule has 1 aromatic rings. The van der Waals surface area contributed by atoms with Gasteiger partial charge in [0.05, 0.1) is 0 Å². The van der Waals surface area contributed by atoms with Gasteiger partial charge in [0.15, 0.2) is 0 Å². The molecule has 0 spiro atoms. The Kier molecular flexibility index (Phi) is 8.69. The first-order valence-corrected chi connectivity index (χ1v) is 8.83. The monoisotopic (exact) mass is 387 g/mol. The van der Waals surface area contributed by atoms with Gasteiger partial charge in [-0.1, -0.05) is 32.4 Å². The molecule has 1 heterocycles. The van der Waals surface area contributed by atoms with Crippen molar-refractivity contribution in [1.29, 1.82) is 0 Å². The number of piperidine rings is 1. The zero-order valence-corrected chi connectivity index (χ0v) is 16.4. The maximum atomic E-state index is 12.6. The minimum absolute atomic E-state index is 0. The molecule has 25 heavy (non-hydrogen) atoms. The normalized spacial score (nSPS) is 21.2. The van der Waals surface area contributed by atoms with Gasteiger partial charge in [0, 0.05) is 23.2 Å². The molecule has 1 fully saturated rings. The molecule has 5 nitrogen and oxygen atoms in total. The summed E-state index contributed by atoms with van der Waals surface area (Å²) in [6, 6.07) is 6.16. The van der Waals surface area contributed by atoms with E-state index in [1.807, 2.05) is 13.8 Å². The van der Waals surface area contributed by atoms with Gasteiger partial charge in [0.1, 0.15) is 6.04 Å². The molecule has 0 radical (unpaired) electrons. The number of carbonyl (C=O) groups excluding carboxylic acids is 2. The molecule has 0 aliphatic carbocycles. The zero-order valence-electron chi connectivity index (χ0n) is 14.8. The van der Waals surface area contributed by atoms with Crippen LogP contribution < -0.4 is 16.0 Å². The summed E-state index contributed by atoms with van der Waals surface area (Å²) in [6.07, 6.45) is 1.04. The van der Waals surface area contributed by atoms with Crippen LogP contribution in [0.5, 0.6) is 0 Å². The van der Waals surface area contributed by atoms with Crippen LogP contribution in [0.15, 0.2) is 24.3 Å². The Hall–Kier alpha value is -1.30. The highest BCUT2D eigenvalue weighted by molar-refractivity contribution is 6.30. The van der Waals surface area contributed by atoms with E-state index < -0.39 is 6.04 Å². The van der Waals surface area contributed by atoms with Crippen molar-refractivity contribution in [3.8, 4) is 0 Å². The number of hydrogen-bond donors (Lipinski definition) is 3. The van der Waals surface area contributed by atoms with Crippen LogP contribution in [-0.2, 0) is 4.79 Å². The maximum absolute atomic E-state index is 12.6. The average Bonchev–Trinajstić information content (AvgIpc) is 2.54. The van der Waals surface area contributed by atoms with Crippen molar-refractivity contribution < 1.29 is 9.59 Å². The summed E-state index contributed by atoms with van der Waals surface area (Å²) in [5.74, 6) is 0.0197. The number of halogens is 2. The highest BCUT2D eigenvalue weighted by atomic mass is 35.5. The predicted molar refractivity (Wildman–Crippen MR) is 103 cm³/mol. The van der Waals surface area contributed by atoms with Gasteiger partial charge in [-0.2, -0.15) is 0 Å². The molecule has 0 bridgehead atoms. The summed E-state index contributed by atoms with van der Waals surface area (Å²) in [4.78, 5) is 25.0. The van der Waals surface area contributed by atoms with Crippen LogP contribution in [0.2, 0.25) is 5.02 Å². The Morgan fingerprint density at radius 2 is 1.88 bits per heavy atom. The first-order chi connectivity index (χ1) is 11.4. The Morgan fingerprint density at radius 1 is 1.24 bits per heavy atom. The SMILES string of the molecule is CC(C)C(NC(=O)c1ccc(Cl)cc1)C(=O)NC1CNCCC1C.Cl. The van der Waals surface area contributed by atoms with Crippen LogP contribution >= 0.6 is 24.0 Å². The molecular weight excluding hydrogens is 361 g/mol. The standard InChI is InChI=1S/C18H26ClN3O2.ClH/c1-11(2)16(18(24)21-15-10-20-9-8-12(15)3)22-17(23)13-4-6-14(19)7-5-13;/h4-7,11-12,15-16,20H,8-10H2,1-3H3,(H,21,24)(H,22,23);1H. The zero-order chi connectivity index (χ0) is 17.7. The minimum Gasteiger partial charge on any atom is -0.350 e. The lowest BCUT2D eigenvalue weighted by atomic mass is 9.93. The predicted octanol–water partition coefficient (Wildman–Crippen LogP) is 2.63. The van der Waals surface area contributed by atoms with Gasteiger partial charge < -0.3 is 16.0 Å². The minimum atomic E-state index is -0.567. The molecule has 2 amide bonds. The Morgan fingerprint density at radius 3 is 2.44 bits per heavy atom. The van der Waals surface area contributed by atoms with Crippen LogP contribution in [-0.4, -0.2) is 37.0 Å². The van der Waals surface area contributed by atoms with Crippen molar-refractivity contribution in [2.24, 2.45) is 11.8 Å². The largest absolute Gasteiger partial charge is 0.350 e. The second kappa shape index (κ2) is 10.00. The lowest BCUT2D eigenvalue weighted by molar-refractivity contribution is -0.125. The van der Waals surface area contributed by atoms with Crippen molar-refractivity contribution in [3.05, 3.63) is 34.9 Å². The third kappa shape index (κ3) is 6.17. The van der Waals surface area contributed by atoms with Crippen molar-refractivity contribution in [3.63, 3.8) is 0 Å². The number of amides is 2. The molecule has 3 atom stereocenters. The first-order valence-electron chi connectivity index (χ1n) is 8.46. The van der Waals surface area contributed by atoms with Gasteiger partial charge in [-0.3, -0.25) is 9.59 Å². The van der Waals surface area contributed by atoms with Gasteiger partial charge >= 0.3 is 0 Å². The highest BCUT2D eigenvalue weighted by Gasteiger charge is 2.29. The summed E-state index contributed by atoms with van der Waals surface area (Å²) < 4.78 is 0. The van der Waals surface area contributed by atoms with Crippen LogP contribution in [0.4, 0.5) is 0 Å². The van der Waals surface area contributed by atoms with Crippen molar-refractivity contribution >= 4 is 35.8 Å². The number of rotatable bonds is 5. The van der Waals surface area contributed by atoms with Crippen LogP contribution in [0.3, 0.4) is 0 Å². The smallest absolute Gasteiger partial charge is 0.251 e. The number of hydrogen-bond acceptors (Lipinski definition) is 3. The topological polar surface area (TPSA) is 70.2 Å². The van der Waals surface area contributed by atoms with Gasteiger partial charge in [-0.25, -0.2) is 0 Å². The van der Waals surface area contributed by atoms with E-state index in [2.05, 4.69) is 22.9 Å². The Balaban J connectivity index is 0.00000312. The molecule has 2 rings (SSSR count). The van der Waals surface area contributed by atoms with Gasteiger partial charge in [0.25, 0.3) is 5.91 Å². The molecule has 140 valence electrons. The van der Waals surface area contributed by atoms with Crippen LogP contribution in [0.1, 0.15) is 37.6 Å². The number of nitrogens with one attached hydrogen (secondary N) is 3. The van der Waals surface area contributed by atoms with Crippen molar-refractivity contribution in [2.75, 3.05) is 13.1 Å². The summed E-state index contributed by atoms with van der Waals surface area (Å²) in [7, 11) is 0. The molecular formula is C18H27Cl2N3O2. The fraction of sp³-hybridized carbons (Fsp3) is 0.556. The highest BCUT2D eigenvalue weighted by Crippen LogP contribution is 2.13. The Bertz CT molecular complexity index is 578. The second-order valence-corrected chi connectivity index (χ2v) is 7.22. The molecule has 0 saturated carbocycles. The van der Waals surface area contributed by atoms with Crippen LogP contribution in [0, 0.1) is 11.8 Å². The molecule has 1 aromatic carbocycles. The van der Waals surface area contributed by atoms with E-state index in [1.54, 1.807) is 24.3 Å². The van der Waals surface area contributed by atoms with Gasteiger partial charge in [-0.15, -0.1) is 12.4 Å². The summed E-state index contributed by atoms with van der Waals surface area (Å²) in [6.45, 7) is 7.74. The number of carbonyl (C=O) groups is 2. The van der Waals surface area contributed by atoms with E-state index >= 15 is 0 Å². The van der Waals surface area contributed by atoms with E-state index in [-0.39, 0.29) is 36.2 Å². The quantitative estimate of drug-likeness (QED) is 0.726. The Labute approximate surface area is 160 Å². The van der Waals surface area contributed by atoms with Crippen LogP contribution in [0.25, 0.3) is 0 Å². The molecule has 3 unspecified atom stereocenters. The third-order valence-corrected chi connectivity index (χ3v) is 4.75. The van der Waals surface area contributed by atoms with Crippen molar-refractivity contribution in [2.45, 2.75) is 39.3 Å². The molecule has 0 aromatic heterocycles. The fourth-order valence-corrected chi connectivity index (χ4v) is 2.94. The van der Waals surface area contributed by atoms with E-state index in [1.165, 1.54) is 0 Å². The van der Waals surface area contributed by atoms with E-state index in [0.29, 0.717) is 16.5 Å². The lowest BCUT2D eigenvalue weighted by Gasteiger charge is -2.32. The molecule has 1 aliphatic rings. The molecule has 1 saturated heterocycles.